The van der Waals surface area contributed by atoms with E-state index in [0.717, 1.165) is 34.1 Å². The second-order valence-electron chi connectivity index (χ2n) is 6.06. The molecule has 25 heavy (non-hydrogen) atoms. The molecule has 0 saturated heterocycles. The highest BCUT2D eigenvalue weighted by molar-refractivity contribution is 5.81. The molecule has 0 fully saturated rings. The van der Waals surface area contributed by atoms with E-state index in [0.29, 0.717) is 18.4 Å². The molecular formula is C21H16F2N2. The molecule has 0 amide bonds. The van der Waals surface area contributed by atoms with Crippen molar-refractivity contribution >= 4 is 11.0 Å². The summed E-state index contributed by atoms with van der Waals surface area (Å²) in [5, 5.41) is 0. The largest absolute Gasteiger partial charge is 0.342 e. The third-order valence-electron chi connectivity index (χ3n) is 4.21. The van der Waals surface area contributed by atoms with Crippen molar-refractivity contribution in [3.8, 4) is 11.1 Å². The fourth-order valence-electron chi connectivity index (χ4n) is 3.01. The summed E-state index contributed by atoms with van der Waals surface area (Å²) in [6.45, 7) is 0. The fourth-order valence-corrected chi connectivity index (χ4v) is 3.01. The molecule has 0 aliphatic heterocycles. The maximum Gasteiger partial charge on any atom is 0.126 e. The van der Waals surface area contributed by atoms with E-state index in [1.807, 2.05) is 30.3 Å². The van der Waals surface area contributed by atoms with Gasteiger partial charge in [0, 0.05) is 12.5 Å². The van der Waals surface area contributed by atoms with Crippen molar-refractivity contribution in [2.75, 3.05) is 0 Å². The highest BCUT2D eigenvalue weighted by Crippen LogP contribution is 2.23. The van der Waals surface area contributed by atoms with E-state index in [1.54, 1.807) is 0 Å². The molecule has 1 aromatic heterocycles. The number of hydrogen-bond acceptors (Lipinski definition) is 1. The molecular weight excluding hydrogens is 318 g/mol. The topological polar surface area (TPSA) is 28.7 Å². The summed E-state index contributed by atoms with van der Waals surface area (Å²) in [5.41, 5.74) is 4.73. The van der Waals surface area contributed by atoms with Gasteiger partial charge in [0.05, 0.1) is 11.0 Å². The van der Waals surface area contributed by atoms with Gasteiger partial charge in [0.15, 0.2) is 0 Å². The maximum absolute atomic E-state index is 13.3. The first kappa shape index (κ1) is 15.5. The Kier molecular flexibility index (Phi) is 4.02. The van der Waals surface area contributed by atoms with Crippen LogP contribution >= 0.6 is 0 Å². The van der Waals surface area contributed by atoms with Crippen molar-refractivity contribution in [1.29, 1.82) is 0 Å². The normalized spacial score (nSPS) is 11.1. The van der Waals surface area contributed by atoms with Crippen LogP contribution in [0.25, 0.3) is 22.2 Å². The Morgan fingerprint density at radius 1 is 0.760 bits per heavy atom. The quantitative estimate of drug-likeness (QED) is 0.539. The first-order valence-electron chi connectivity index (χ1n) is 8.16. The summed E-state index contributed by atoms with van der Waals surface area (Å²) >= 11 is 0. The SMILES string of the molecule is Fc1cc(F)cc(CCc2nc3cc(-c4ccccc4)ccc3[nH]2)c1. The highest BCUT2D eigenvalue weighted by atomic mass is 19.1. The Morgan fingerprint density at radius 3 is 2.28 bits per heavy atom. The number of imidazole rings is 1. The number of benzene rings is 3. The predicted octanol–water partition coefficient (Wildman–Crippen LogP) is 5.29. The minimum atomic E-state index is -0.549. The smallest absolute Gasteiger partial charge is 0.126 e. The molecule has 4 aromatic rings. The fraction of sp³-hybridized carbons (Fsp3) is 0.0952. The second kappa shape index (κ2) is 6.48. The number of rotatable bonds is 4. The van der Waals surface area contributed by atoms with Crippen LogP contribution in [-0.4, -0.2) is 9.97 Å². The van der Waals surface area contributed by atoms with Gasteiger partial charge in [-0.2, -0.15) is 0 Å². The number of hydrogen-bond donors (Lipinski definition) is 1. The van der Waals surface area contributed by atoms with Gasteiger partial charge in [0.2, 0.25) is 0 Å². The lowest BCUT2D eigenvalue weighted by Crippen LogP contribution is -1.95. The van der Waals surface area contributed by atoms with Gasteiger partial charge >= 0.3 is 0 Å². The van der Waals surface area contributed by atoms with Crippen LogP contribution in [0.15, 0.2) is 66.7 Å². The average Bonchev–Trinajstić information content (AvgIpc) is 3.02. The minimum Gasteiger partial charge on any atom is -0.342 e. The average molecular weight is 334 g/mol. The third-order valence-corrected chi connectivity index (χ3v) is 4.21. The van der Waals surface area contributed by atoms with E-state index in [2.05, 4.69) is 28.2 Å². The number of aromatic nitrogens is 2. The Bertz CT molecular complexity index is 1000. The van der Waals surface area contributed by atoms with E-state index < -0.39 is 11.6 Å². The maximum atomic E-state index is 13.3. The van der Waals surface area contributed by atoms with E-state index in [4.69, 9.17) is 0 Å². The van der Waals surface area contributed by atoms with Gasteiger partial charge < -0.3 is 4.98 Å². The minimum absolute atomic E-state index is 0.528. The Balaban J connectivity index is 1.57. The van der Waals surface area contributed by atoms with Crippen LogP contribution in [0.5, 0.6) is 0 Å². The number of aryl methyl sites for hydroxylation is 2. The second-order valence-corrected chi connectivity index (χ2v) is 6.06. The summed E-state index contributed by atoms with van der Waals surface area (Å²) in [7, 11) is 0. The zero-order chi connectivity index (χ0) is 17.2. The molecule has 3 aromatic carbocycles. The summed E-state index contributed by atoms with van der Waals surface area (Å²) in [4.78, 5) is 7.89. The van der Waals surface area contributed by atoms with E-state index in [9.17, 15) is 8.78 Å². The van der Waals surface area contributed by atoms with Gasteiger partial charge in [-0.25, -0.2) is 13.8 Å². The molecule has 0 aliphatic rings. The monoisotopic (exact) mass is 334 g/mol. The molecule has 4 heteroatoms. The molecule has 0 atom stereocenters. The number of halogens is 2. The van der Waals surface area contributed by atoms with Crippen molar-refractivity contribution < 1.29 is 8.78 Å². The Morgan fingerprint density at radius 2 is 1.52 bits per heavy atom. The van der Waals surface area contributed by atoms with Crippen molar-refractivity contribution in [1.82, 2.24) is 9.97 Å². The number of nitrogens with one attached hydrogen (secondary N) is 1. The van der Waals surface area contributed by atoms with E-state index in [-0.39, 0.29) is 0 Å². The Hall–Kier alpha value is -3.01. The molecule has 1 N–H and O–H groups in total. The van der Waals surface area contributed by atoms with Crippen LogP contribution in [0.3, 0.4) is 0 Å². The zero-order valence-corrected chi connectivity index (χ0v) is 13.5. The van der Waals surface area contributed by atoms with Gasteiger partial charge in [-0.1, -0.05) is 36.4 Å². The van der Waals surface area contributed by atoms with Gasteiger partial charge in [0.25, 0.3) is 0 Å². The van der Waals surface area contributed by atoms with Gasteiger partial charge in [-0.05, 0) is 47.4 Å². The van der Waals surface area contributed by atoms with E-state index >= 15 is 0 Å². The predicted molar refractivity (Wildman–Crippen MR) is 95.3 cm³/mol. The first-order chi connectivity index (χ1) is 12.2. The van der Waals surface area contributed by atoms with Crippen LogP contribution in [0.4, 0.5) is 8.78 Å². The van der Waals surface area contributed by atoms with Crippen molar-refractivity contribution in [3.05, 3.63) is 89.8 Å². The number of H-pyrrole nitrogens is 1. The first-order valence-corrected chi connectivity index (χ1v) is 8.16. The molecule has 2 nitrogen and oxygen atoms in total. The molecule has 0 saturated carbocycles. The van der Waals surface area contributed by atoms with Crippen LogP contribution in [0.2, 0.25) is 0 Å². The molecule has 0 radical (unpaired) electrons. The lowest BCUT2D eigenvalue weighted by atomic mass is 10.1. The van der Waals surface area contributed by atoms with Crippen molar-refractivity contribution in [3.63, 3.8) is 0 Å². The molecule has 0 bridgehead atoms. The number of aromatic amines is 1. The van der Waals surface area contributed by atoms with Crippen LogP contribution < -0.4 is 0 Å². The third kappa shape index (κ3) is 3.43. The lowest BCUT2D eigenvalue weighted by Gasteiger charge is -2.00. The standard InChI is InChI=1S/C21H16F2N2/c22-17-10-14(11-18(23)13-17)6-9-21-24-19-8-7-16(12-20(19)25-21)15-4-2-1-3-5-15/h1-5,7-8,10-13H,6,9H2,(H,24,25). The van der Waals surface area contributed by atoms with Crippen molar-refractivity contribution in [2.24, 2.45) is 0 Å². The summed E-state index contributed by atoms with van der Waals surface area (Å²) in [6, 6.07) is 19.9. The van der Waals surface area contributed by atoms with Crippen LogP contribution in [-0.2, 0) is 12.8 Å². The number of nitrogens with zero attached hydrogens (tertiary/aromatic N) is 1. The molecule has 0 spiro atoms. The molecule has 4 rings (SSSR count). The molecule has 0 unspecified atom stereocenters. The molecule has 0 aliphatic carbocycles. The lowest BCUT2D eigenvalue weighted by molar-refractivity contribution is 0.579. The summed E-state index contributed by atoms with van der Waals surface area (Å²) < 4.78 is 26.5. The van der Waals surface area contributed by atoms with Gasteiger partial charge in [-0.3, -0.25) is 0 Å². The molecule has 1 heterocycles. The Labute approximate surface area is 144 Å². The van der Waals surface area contributed by atoms with E-state index in [1.165, 1.54) is 12.1 Å². The molecule has 124 valence electrons. The van der Waals surface area contributed by atoms with Gasteiger partial charge in [0.1, 0.15) is 17.5 Å². The summed E-state index contributed by atoms with van der Waals surface area (Å²) in [5.74, 6) is -0.288. The highest BCUT2D eigenvalue weighted by Gasteiger charge is 2.07. The van der Waals surface area contributed by atoms with Gasteiger partial charge in [-0.15, -0.1) is 0 Å². The van der Waals surface area contributed by atoms with Crippen LogP contribution in [0.1, 0.15) is 11.4 Å². The zero-order valence-electron chi connectivity index (χ0n) is 13.5. The van der Waals surface area contributed by atoms with Crippen LogP contribution in [0, 0.1) is 11.6 Å². The number of fused-ring (bicyclic) bond motifs is 1. The summed E-state index contributed by atoms with van der Waals surface area (Å²) in [6.07, 6.45) is 1.12. The van der Waals surface area contributed by atoms with Crippen molar-refractivity contribution in [2.45, 2.75) is 12.8 Å².